The highest BCUT2D eigenvalue weighted by molar-refractivity contribution is 5.97. The summed E-state index contributed by atoms with van der Waals surface area (Å²) in [7, 11) is 0. The maximum absolute atomic E-state index is 12.5. The quantitative estimate of drug-likeness (QED) is 0.547. The van der Waals surface area contributed by atoms with Crippen molar-refractivity contribution in [3.63, 3.8) is 0 Å². The Labute approximate surface area is 129 Å². The molecule has 0 spiro atoms. The summed E-state index contributed by atoms with van der Waals surface area (Å²) in [6.45, 7) is 8.87. The van der Waals surface area contributed by atoms with Gasteiger partial charge < -0.3 is 9.47 Å². The topological polar surface area (TPSA) is 69.7 Å². The highest BCUT2D eigenvalue weighted by Gasteiger charge is 2.60. The minimum absolute atomic E-state index is 0.00543. The number of carbonyl (C=O) groups is 3. The van der Waals surface area contributed by atoms with E-state index in [1.165, 1.54) is 13.0 Å². The lowest BCUT2D eigenvalue weighted by atomic mass is 9.54. The lowest BCUT2D eigenvalue weighted by Gasteiger charge is -2.52. The summed E-state index contributed by atoms with van der Waals surface area (Å²) < 4.78 is 10.9. The maximum atomic E-state index is 12.5. The van der Waals surface area contributed by atoms with Crippen molar-refractivity contribution in [3.05, 3.63) is 24.3 Å². The van der Waals surface area contributed by atoms with Gasteiger partial charge in [0.15, 0.2) is 5.78 Å². The lowest BCUT2D eigenvalue weighted by molar-refractivity contribution is -0.173. The number of fused-ring (bicyclic) bond motifs is 2. The van der Waals surface area contributed by atoms with Crippen molar-refractivity contribution in [1.82, 2.24) is 0 Å². The molecule has 118 valence electrons. The van der Waals surface area contributed by atoms with E-state index < -0.39 is 11.0 Å². The summed E-state index contributed by atoms with van der Waals surface area (Å²) in [6.07, 6.45) is 3.84. The largest absolute Gasteiger partial charge is 0.458 e. The van der Waals surface area contributed by atoms with E-state index in [2.05, 4.69) is 6.58 Å². The minimum Gasteiger partial charge on any atom is -0.458 e. The van der Waals surface area contributed by atoms with Crippen LogP contribution in [0.25, 0.3) is 0 Å². The number of esters is 2. The normalized spacial score (nSPS) is 43.4. The first-order valence-corrected chi connectivity index (χ1v) is 7.50. The Kier molecular flexibility index (Phi) is 3.10. The van der Waals surface area contributed by atoms with Gasteiger partial charge >= 0.3 is 11.9 Å². The lowest BCUT2D eigenvalue weighted by Crippen LogP contribution is -2.57. The third-order valence-electron chi connectivity index (χ3n) is 5.48. The van der Waals surface area contributed by atoms with E-state index >= 15 is 0 Å². The fourth-order valence-corrected chi connectivity index (χ4v) is 4.32. The molecule has 2 fully saturated rings. The number of ether oxygens (including phenoxy) is 2. The van der Waals surface area contributed by atoms with E-state index in [0.29, 0.717) is 18.4 Å². The zero-order valence-electron chi connectivity index (χ0n) is 13.0. The van der Waals surface area contributed by atoms with Crippen LogP contribution in [0.1, 0.15) is 33.6 Å². The number of rotatable bonds is 1. The summed E-state index contributed by atoms with van der Waals surface area (Å²) in [5.74, 6) is -1.09. The SMILES string of the molecule is C=C1C(=O)O[C@@H]2C[C@@]3(C)C(=O)C=C[C@](C)(OC(C)=O)[C@@H]3C[C@H]12. The van der Waals surface area contributed by atoms with Crippen molar-refractivity contribution in [1.29, 1.82) is 0 Å². The minimum atomic E-state index is -0.856. The van der Waals surface area contributed by atoms with E-state index in [-0.39, 0.29) is 35.7 Å². The van der Waals surface area contributed by atoms with Gasteiger partial charge in [0, 0.05) is 29.7 Å². The van der Waals surface area contributed by atoms with Crippen molar-refractivity contribution in [2.24, 2.45) is 17.3 Å². The van der Waals surface area contributed by atoms with Crippen LogP contribution < -0.4 is 0 Å². The van der Waals surface area contributed by atoms with Gasteiger partial charge in [-0.05, 0) is 31.9 Å². The van der Waals surface area contributed by atoms with Crippen molar-refractivity contribution >= 4 is 17.7 Å². The van der Waals surface area contributed by atoms with E-state index in [1.807, 2.05) is 13.8 Å². The highest BCUT2D eigenvalue weighted by Crippen LogP contribution is 2.56. The molecule has 3 rings (SSSR count). The van der Waals surface area contributed by atoms with Gasteiger partial charge in [-0.2, -0.15) is 0 Å². The zero-order chi connectivity index (χ0) is 16.3. The first kappa shape index (κ1) is 15.0. The summed E-state index contributed by atoms with van der Waals surface area (Å²) in [5.41, 5.74) is -1.10. The average Bonchev–Trinajstić information content (AvgIpc) is 2.67. The highest BCUT2D eigenvalue weighted by atomic mass is 16.6. The molecule has 0 N–H and O–H groups in total. The summed E-state index contributed by atoms with van der Waals surface area (Å²) in [4.78, 5) is 35.7. The fourth-order valence-electron chi connectivity index (χ4n) is 4.32. The molecule has 0 aromatic rings. The Balaban J connectivity index is 2.02. The van der Waals surface area contributed by atoms with Crippen LogP contribution in [0.5, 0.6) is 0 Å². The van der Waals surface area contributed by atoms with E-state index in [4.69, 9.17) is 9.47 Å². The molecule has 1 saturated heterocycles. The Morgan fingerprint density at radius 3 is 2.73 bits per heavy atom. The van der Waals surface area contributed by atoms with Crippen LogP contribution in [0.3, 0.4) is 0 Å². The van der Waals surface area contributed by atoms with Gasteiger partial charge in [0.25, 0.3) is 0 Å². The molecule has 0 unspecified atom stereocenters. The number of hydrogen-bond acceptors (Lipinski definition) is 5. The molecule has 2 aliphatic carbocycles. The third-order valence-corrected chi connectivity index (χ3v) is 5.48. The van der Waals surface area contributed by atoms with Gasteiger partial charge in [-0.25, -0.2) is 4.79 Å². The smallest absolute Gasteiger partial charge is 0.334 e. The second-order valence-electron chi connectivity index (χ2n) is 6.96. The van der Waals surface area contributed by atoms with Gasteiger partial charge in [-0.1, -0.05) is 13.5 Å². The molecule has 1 heterocycles. The van der Waals surface area contributed by atoms with Crippen LogP contribution in [0.2, 0.25) is 0 Å². The fraction of sp³-hybridized carbons (Fsp3) is 0.588. The third kappa shape index (κ3) is 1.95. The molecule has 1 aliphatic heterocycles. The monoisotopic (exact) mass is 304 g/mol. The van der Waals surface area contributed by atoms with E-state index in [1.54, 1.807) is 6.08 Å². The molecule has 5 atom stereocenters. The zero-order valence-corrected chi connectivity index (χ0v) is 13.0. The van der Waals surface area contributed by atoms with Crippen LogP contribution in [0.15, 0.2) is 24.3 Å². The summed E-state index contributed by atoms with van der Waals surface area (Å²) in [5, 5.41) is 0. The molecular weight excluding hydrogens is 284 g/mol. The number of hydrogen-bond donors (Lipinski definition) is 0. The molecule has 1 saturated carbocycles. The molecule has 0 aromatic heterocycles. The van der Waals surface area contributed by atoms with Gasteiger partial charge in [0.05, 0.1) is 0 Å². The molecule has 5 nitrogen and oxygen atoms in total. The number of carbonyl (C=O) groups excluding carboxylic acids is 3. The first-order chi connectivity index (χ1) is 10.2. The summed E-state index contributed by atoms with van der Waals surface area (Å²) >= 11 is 0. The summed E-state index contributed by atoms with van der Waals surface area (Å²) in [6, 6.07) is 0. The van der Waals surface area contributed by atoms with Crippen molar-refractivity contribution in [3.8, 4) is 0 Å². The Hall–Kier alpha value is -1.91. The van der Waals surface area contributed by atoms with Crippen molar-refractivity contribution in [2.75, 3.05) is 0 Å². The molecule has 0 radical (unpaired) electrons. The molecule has 0 aromatic carbocycles. The Bertz CT molecular complexity index is 619. The van der Waals surface area contributed by atoms with Crippen LogP contribution >= 0.6 is 0 Å². The van der Waals surface area contributed by atoms with Crippen LogP contribution in [-0.2, 0) is 23.9 Å². The van der Waals surface area contributed by atoms with Gasteiger partial charge in [-0.15, -0.1) is 0 Å². The van der Waals surface area contributed by atoms with Crippen molar-refractivity contribution < 1.29 is 23.9 Å². The number of allylic oxidation sites excluding steroid dienone is 1. The van der Waals surface area contributed by atoms with Crippen LogP contribution in [-0.4, -0.2) is 29.4 Å². The molecular formula is C17H20O5. The van der Waals surface area contributed by atoms with Crippen LogP contribution in [0.4, 0.5) is 0 Å². The molecule has 22 heavy (non-hydrogen) atoms. The second-order valence-corrected chi connectivity index (χ2v) is 6.96. The molecule has 0 bridgehead atoms. The van der Waals surface area contributed by atoms with Gasteiger partial charge in [0.1, 0.15) is 11.7 Å². The van der Waals surface area contributed by atoms with Gasteiger partial charge in [-0.3, -0.25) is 9.59 Å². The molecule has 5 heteroatoms. The molecule has 3 aliphatic rings. The maximum Gasteiger partial charge on any atom is 0.334 e. The van der Waals surface area contributed by atoms with Gasteiger partial charge in [0.2, 0.25) is 0 Å². The number of ketones is 1. The predicted octanol–water partition coefficient (Wildman–Crippen LogP) is 1.96. The molecule has 0 amide bonds. The second kappa shape index (κ2) is 4.54. The first-order valence-electron chi connectivity index (χ1n) is 7.50. The van der Waals surface area contributed by atoms with E-state index in [9.17, 15) is 14.4 Å². The Morgan fingerprint density at radius 2 is 2.09 bits per heavy atom. The standard InChI is InChI=1S/C17H20O5/c1-9-11-7-13-16(3,8-12(11)21-15(9)20)14(19)5-6-17(13,4)22-10(2)18/h5-6,11-13H,1,7-8H2,2-4H3/t11-,12-,13-,16-,17+/m1/s1. The Morgan fingerprint density at radius 1 is 1.41 bits per heavy atom. The van der Waals surface area contributed by atoms with E-state index in [0.717, 1.165) is 0 Å². The van der Waals surface area contributed by atoms with Crippen molar-refractivity contribution in [2.45, 2.75) is 45.3 Å². The predicted molar refractivity (Wildman–Crippen MR) is 77.7 cm³/mol. The average molecular weight is 304 g/mol. The van der Waals surface area contributed by atoms with Crippen LogP contribution in [0, 0.1) is 17.3 Å².